The molecule has 0 N–H and O–H groups in total. The SMILES string of the molecule is CC1=CCCC2C(=O)OC(=O)C12. The number of allylic oxidation sites excluding steroid dienone is 1. The molecule has 1 aliphatic carbocycles. The van der Waals surface area contributed by atoms with Crippen molar-refractivity contribution >= 4 is 11.9 Å². The van der Waals surface area contributed by atoms with Gasteiger partial charge in [-0.2, -0.15) is 0 Å². The Balaban J connectivity index is 2.36. The molecule has 1 fully saturated rings. The largest absolute Gasteiger partial charge is 0.392 e. The lowest BCUT2D eigenvalue weighted by Gasteiger charge is -2.18. The second-order valence-corrected chi connectivity index (χ2v) is 3.35. The number of cyclic esters (lactones) is 2. The molecule has 1 heterocycles. The maximum Gasteiger partial charge on any atom is 0.321 e. The summed E-state index contributed by atoms with van der Waals surface area (Å²) in [5, 5.41) is 0. The molecular formula is C9H10O3. The molecule has 0 amide bonds. The van der Waals surface area contributed by atoms with Crippen molar-refractivity contribution in [3.05, 3.63) is 11.6 Å². The van der Waals surface area contributed by atoms with E-state index < -0.39 is 0 Å². The van der Waals surface area contributed by atoms with Gasteiger partial charge < -0.3 is 4.74 Å². The first-order valence-corrected chi connectivity index (χ1v) is 4.12. The van der Waals surface area contributed by atoms with Crippen LogP contribution in [0, 0.1) is 11.8 Å². The maximum atomic E-state index is 11.1. The molecule has 0 radical (unpaired) electrons. The molecule has 1 aliphatic heterocycles. The van der Waals surface area contributed by atoms with Gasteiger partial charge in [-0.05, 0) is 19.8 Å². The van der Waals surface area contributed by atoms with E-state index in [-0.39, 0.29) is 23.8 Å². The standard InChI is InChI=1S/C9H10O3/c1-5-3-2-4-6-7(5)9(11)12-8(6)10/h3,6-7H,2,4H2,1H3. The molecule has 3 nitrogen and oxygen atoms in total. The molecule has 64 valence electrons. The van der Waals surface area contributed by atoms with Crippen molar-refractivity contribution in [3.63, 3.8) is 0 Å². The molecule has 0 saturated carbocycles. The van der Waals surface area contributed by atoms with Gasteiger partial charge in [0.15, 0.2) is 0 Å². The van der Waals surface area contributed by atoms with Gasteiger partial charge in [-0.3, -0.25) is 9.59 Å². The highest BCUT2D eigenvalue weighted by Gasteiger charge is 2.45. The van der Waals surface area contributed by atoms with Gasteiger partial charge in [-0.15, -0.1) is 0 Å². The summed E-state index contributed by atoms with van der Waals surface area (Å²) in [5.41, 5.74) is 0.988. The fourth-order valence-corrected chi connectivity index (χ4v) is 1.94. The minimum Gasteiger partial charge on any atom is -0.392 e. The van der Waals surface area contributed by atoms with Gasteiger partial charge in [0.2, 0.25) is 0 Å². The van der Waals surface area contributed by atoms with Gasteiger partial charge in [0.05, 0.1) is 11.8 Å². The number of ether oxygens (including phenoxy) is 1. The quantitative estimate of drug-likeness (QED) is 0.307. The zero-order valence-corrected chi connectivity index (χ0v) is 6.87. The number of hydrogen-bond donors (Lipinski definition) is 0. The average Bonchev–Trinajstić information content (AvgIpc) is 2.29. The van der Waals surface area contributed by atoms with Crippen LogP contribution in [-0.4, -0.2) is 11.9 Å². The molecule has 2 atom stereocenters. The number of carbonyl (C=O) groups is 2. The Morgan fingerprint density at radius 3 is 2.83 bits per heavy atom. The summed E-state index contributed by atoms with van der Waals surface area (Å²) in [6.07, 6.45) is 3.66. The first kappa shape index (κ1) is 7.53. The van der Waals surface area contributed by atoms with Crippen LogP contribution in [0.3, 0.4) is 0 Å². The van der Waals surface area contributed by atoms with Gasteiger partial charge in [0.25, 0.3) is 0 Å². The van der Waals surface area contributed by atoms with Crippen LogP contribution in [0.4, 0.5) is 0 Å². The summed E-state index contributed by atoms with van der Waals surface area (Å²) in [7, 11) is 0. The van der Waals surface area contributed by atoms with E-state index in [4.69, 9.17) is 0 Å². The van der Waals surface area contributed by atoms with Crippen LogP contribution in [-0.2, 0) is 14.3 Å². The zero-order valence-electron chi connectivity index (χ0n) is 6.87. The number of rotatable bonds is 0. The second kappa shape index (κ2) is 2.44. The third-order valence-corrected chi connectivity index (χ3v) is 2.59. The molecule has 0 aromatic carbocycles. The topological polar surface area (TPSA) is 43.4 Å². The molecule has 0 bridgehead atoms. The summed E-state index contributed by atoms with van der Waals surface area (Å²) >= 11 is 0. The number of carbonyl (C=O) groups excluding carboxylic acids is 2. The van der Waals surface area contributed by atoms with Crippen LogP contribution in [0.15, 0.2) is 11.6 Å². The normalized spacial score (nSPS) is 34.2. The van der Waals surface area contributed by atoms with Crippen molar-refractivity contribution in [1.82, 2.24) is 0 Å². The lowest BCUT2D eigenvalue weighted by molar-refractivity contribution is -0.153. The van der Waals surface area contributed by atoms with E-state index in [2.05, 4.69) is 4.74 Å². The van der Waals surface area contributed by atoms with Crippen LogP contribution in [0.25, 0.3) is 0 Å². The van der Waals surface area contributed by atoms with Crippen LogP contribution in [0.2, 0.25) is 0 Å². The summed E-state index contributed by atoms with van der Waals surface area (Å²) in [4.78, 5) is 22.2. The fourth-order valence-electron chi connectivity index (χ4n) is 1.94. The minimum absolute atomic E-state index is 0.192. The van der Waals surface area contributed by atoms with Crippen LogP contribution in [0.1, 0.15) is 19.8 Å². The molecule has 0 aromatic heterocycles. The second-order valence-electron chi connectivity index (χ2n) is 3.35. The lowest BCUT2D eigenvalue weighted by Crippen LogP contribution is -2.21. The lowest BCUT2D eigenvalue weighted by atomic mass is 9.81. The van der Waals surface area contributed by atoms with E-state index in [1.54, 1.807) is 0 Å². The minimum atomic E-state index is -0.363. The van der Waals surface area contributed by atoms with Gasteiger partial charge in [-0.25, -0.2) is 0 Å². The third-order valence-electron chi connectivity index (χ3n) is 2.59. The molecule has 2 rings (SSSR count). The highest BCUT2D eigenvalue weighted by Crippen LogP contribution is 2.36. The van der Waals surface area contributed by atoms with E-state index in [0.29, 0.717) is 0 Å². The Kier molecular flexibility index (Phi) is 1.53. The summed E-state index contributed by atoms with van der Waals surface area (Å²) < 4.78 is 4.56. The van der Waals surface area contributed by atoms with E-state index >= 15 is 0 Å². The van der Waals surface area contributed by atoms with Crippen LogP contribution < -0.4 is 0 Å². The van der Waals surface area contributed by atoms with Crippen molar-refractivity contribution in [2.75, 3.05) is 0 Å². The fraction of sp³-hybridized carbons (Fsp3) is 0.556. The van der Waals surface area contributed by atoms with Gasteiger partial charge >= 0.3 is 11.9 Å². The van der Waals surface area contributed by atoms with Crippen molar-refractivity contribution in [3.8, 4) is 0 Å². The Hall–Kier alpha value is -1.12. The maximum absolute atomic E-state index is 11.1. The highest BCUT2D eigenvalue weighted by atomic mass is 16.6. The summed E-state index contributed by atoms with van der Waals surface area (Å²) in [6.45, 7) is 1.89. The average molecular weight is 166 g/mol. The molecule has 0 spiro atoms. The molecule has 2 aliphatic rings. The van der Waals surface area contributed by atoms with Crippen LogP contribution >= 0.6 is 0 Å². The molecular weight excluding hydrogens is 156 g/mol. The smallest absolute Gasteiger partial charge is 0.321 e. The molecule has 3 heteroatoms. The van der Waals surface area contributed by atoms with Gasteiger partial charge in [-0.1, -0.05) is 11.6 Å². The van der Waals surface area contributed by atoms with Gasteiger partial charge in [0, 0.05) is 0 Å². The Morgan fingerprint density at radius 2 is 2.17 bits per heavy atom. The molecule has 2 unspecified atom stereocenters. The Bertz CT molecular complexity index is 277. The number of hydrogen-bond acceptors (Lipinski definition) is 3. The first-order chi connectivity index (χ1) is 5.70. The summed E-state index contributed by atoms with van der Waals surface area (Å²) in [6, 6.07) is 0. The zero-order chi connectivity index (χ0) is 8.72. The van der Waals surface area contributed by atoms with Crippen molar-refractivity contribution < 1.29 is 14.3 Å². The Labute approximate surface area is 70.4 Å². The molecule has 12 heavy (non-hydrogen) atoms. The Morgan fingerprint density at radius 1 is 1.42 bits per heavy atom. The van der Waals surface area contributed by atoms with Crippen LogP contribution in [0.5, 0.6) is 0 Å². The number of fused-ring (bicyclic) bond motifs is 1. The van der Waals surface area contributed by atoms with Crippen molar-refractivity contribution in [1.29, 1.82) is 0 Å². The molecule has 1 saturated heterocycles. The van der Waals surface area contributed by atoms with Gasteiger partial charge in [0.1, 0.15) is 0 Å². The predicted octanol–water partition coefficient (Wildman–Crippen LogP) is 1.04. The van der Waals surface area contributed by atoms with E-state index in [0.717, 1.165) is 18.4 Å². The third kappa shape index (κ3) is 0.891. The molecule has 0 aromatic rings. The van der Waals surface area contributed by atoms with Crippen molar-refractivity contribution in [2.45, 2.75) is 19.8 Å². The van der Waals surface area contributed by atoms with E-state index in [9.17, 15) is 9.59 Å². The van der Waals surface area contributed by atoms with E-state index in [1.807, 2.05) is 13.0 Å². The summed E-state index contributed by atoms with van der Waals surface area (Å²) in [5.74, 6) is -1.16. The number of esters is 2. The highest BCUT2D eigenvalue weighted by molar-refractivity contribution is 5.98. The van der Waals surface area contributed by atoms with E-state index in [1.165, 1.54) is 0 Å². The monoisotopic (exact) mass is 166 g/mol. The van der Waals surface area contributed by atoms with Crippen molar-refractivity contribution in [2.24, 2.45) is 11.8 Å². The predicted molar refractivity (Wildman–Crippen MR) is 41.1 cm³/mol. The first-order valence-electron chi connectivity index (χ1n) is 4.12.